The van der Waals surface area contributed by atoms with Gasteiger partial charge >= 0.3 is 0 Å². The lowest BCUT2D eigenvalue weighted by atomic mass is 10.2. The summed E-state index contributed by atoms with van der Waals surface area (Å²) in [6.07, 6.45) is 1.56. The Labute approximate surface area is 153 Å². The number of halogens is 2. The minimum atomic E-state index is 0.461. The predicted molar refractivity (Wildman–Crippen MR) is 101 cm³/mol. The minimum Gasteiger partial charge on any atom is -0.455 e. The Morgan fingerprint density at radius 3 is 2.80 bits per heavy atom. The van der Waals surface area contributed by atoms with Gasteiger partial charge in [0.05, 0.1) is 27.3 Å². The van der Waals surface area contributed by atoms with Gasteiger partial charge in [0.25, 0.3) is 0 Å². The SMILES string of the molecule is Clc1cccc(-c2ccc(/C=N/Nc3nc4ccccc4[nH]3)o2)c1Cl. The van der Waals surface area contributed by atoms with Gasteiger partial charge in [-0.1, -0.05) is 41.4 Å². The number of benzene rings is 2. The Bertz CT molecular complexity index is 1030. The van der Waals surface area contributed by atoms with Gasteiger partial charge < -0.3 is 9.40 Å². The van der Waals surface area contributed by atoms with Crippen LogP contribution >= 0.6 is 23.2 Å². The van der Waals surface area contributed by atoms with Gasteiger partial charge in [-0.05, 0) is 36.4 Å². The van der Waals surface area contributed by atoms with Crippen LogP contribution in [0.3, 0.4) is 0 Å². The van der Waals surface area contributed by atoms with Crippen molar-refractivity contribution in [3.05, 3.63) is 70.4 Å². The van der Waals surface area contributed by atoms with E-state index in [4.69, 9.17) is 27.6 Å². The van der Waals surface area contributed by atoms with Gasteiger partial charge in [-0.2, -0.15) is 5.10 Å². The number of hydrogen-bond acceptors (Lipinski definition) is 4. The number of aromatic nitrogens is 2. The van der Waals surface area contributed by atoms with E-state index in [-0.39, 0.29) is 0 Å². The number of anilines is 1. The van der Waals surface area contributed by atoms with Crippen LogP contribution in [-0.2, 0) is 0 Å². The quantitative estimate of drug-likeness (QED) is 0.364. The maximum atomic E-state index is 6.21. The molecule has 124 valence electrons. The second-order valence-corrected chi connectivity index (χ2v) is 6.06. The molecule has 5 nitrogen and oxygen atoms in total. The topological polar surface area (TPSA) is 66.2 Å². The van der Waals surface area contributed by atoms with Crippen LogP contribution in [0, 0.1) is 0 Å². The smallest absolute Gasteiger partial charge is 0.222 e. The fourth-order valence-corrected chi connectivity index (χ4v) is 2.82. The molecule has 2 heterocycles. The fourth-order valence-electron chi connectivity index (χ4n) is 2.42. The maximum absolute atomic E-state index is 6.21. The highest BCUT2D eigenvalue weighted by Gasteiger charge is 2.10. The number of aromatic amines is 1. The molecule has 0 bridgehead atoms. The Kier molecular flexibility index (Phi) is 4.17. The number of hydrogen-bond donors (Lipinski definition) is 2. The van der Waals surface area contributed by atoms with Crippen molar-refractivity contribution in [2.75, 3.05) is 5.43 Å². The van der Waals surface area contributed by atoms with Gasteiger partial charge in [0.2, 0.25) is 5.95 Å². The van der Waals surface area contributed by atoms with Crippen LogP contribution < -0.4 is 5.43 Å². The largest absolute Gasteiger partial charge is 0.455 e. The van der Waals surface area contributed by atoms with Gasteiger partial charge in [-0.3, -0.25) is 0 Å². The first-order valence-corrected chi connectivity index (χ1v) is 8.24. The van der Waals surface area contributed by atoms with Crippen molar-refractivity contribution in [3.63, 3.8) is 0 Å². The van der Waals surface area contributed by atoms with Crippen LogP contribution in [0.1, 0.15) is 5.76 Å². The summed E-state index contributed by atoms with van der Waals surface area (Å²) in [5, 5.41) is 5.08. The second-order valence-electron chi connectivity index (χ2n) is 5.28. The fraction of sp³-hybridized carbons (Fsp3) is 0. The number of H-pyrrole nitrogens is 1. The zero-order valence-corrected chi connectivity index (χ0v) is 14.3. The summed E-state index contributed by atoms with van der Waals surface area (Å²) in [5.41, 5.74) is 5.40. The standard InChI is InChI=1S/C18H12Cl2N4O/c19-13-5-3-4-12(17(13)20)16-9-8-11(25-16)10-21-24-18-22-14-6-1-2-7-15(14)23-18/h1-10H,(H2,22,23,24)/b21-10+. The van der Waals surface area contributed by atoms with E-state index >= 15 is 0 Å². The molecule has 0 aliphatic carbocycles. The predicted octanol–water partition coefficient (Wildman–Crippen LogP) is 5.58. The van der Waals surface area contributed by atoms with E-state index in [9.17, 15) is 0 Å². The highest BCUT2D eigenvalue weighted by molar-refractivity contribution is 6.43. The van der Waals surface area contributed by atoms with Gasteiger partial charge in [0, 0.05) is 5.56 Å². The molecule has 0 radical (unpaired) electrons. The molecule has 0 unspecified atom stereocenters. The highest BCUT2D eigenvalue weighted by Crippen LogP contribution is 2.34. The zero-order valence-electron chi connectivity index (χ0n) is 12.8. The third kappa shape index (κ3) is 3.24. The van der Waals surface area contributed by atoms with Crippen LogP contribution in [0.15, 0.2) is 64.1 Å². The molecule has 2 N–H and O–H groups in total. The van der Waals surface area contributed by atoms with Crippen molar-refractivity contribution >= 4 is 46.4 Å². The van der Waals surface area contributed by atoms with Crippen molar-refractivity contribution in [1.29, 1.82) is 0 Å². The van der Waals surface area contributed by atoms with Crippen LogP contribution in [0.2, 0.25) is 10.0 Å². The second kappa shape index (κ2) is 6.63. The molecule has 0 saturated carbocycles. The monoisotopic (exact) mass is 370 g/mol. The summed E-state index contributed by atoms with van der Waals surface area (Å²) < 4.78 is 5.74. The average molecular weight is 371 g/mol. The first-order valence-electron chi connectivity index (χ1n) is 7.49. The van der Waals surface area contributed by atoms with Crippen molar-refractivity contribution in [1.82, 2.24) is 9.97 Å². The van der Waals surface area contributed by atoms with E-state index < -0.39 is 0 Å². The third-order valence-electron chi connectivity index (χ3n) is 3.60. The molecule has 0 atom stereocenters. The van der Waals surface area contributed by atoms with Gasteiger partial charge in [-0.25, -0.2) is 10.4 Å². The summed E-state index contributed by atoms with van der Waals surface area (Å²) in [7, 11) is 0. The number of para-hydroxylation sites is 2. The summed E-state index contributed by atoms with van der Waals surface area (Å²) in [4.78, 5) is 7.50. The summed E-state index contributed by atoms with van der Waals surface area (Å²) in [5.74, 6) is 1.76. The molecular weight excluding hydrogens is 359 g/mol. The Morgan fingerprint density at radius 1 is 1.04 bits per heavy atom. The van der Waals surface area contributed by atoms with E-state index in [2.05, 4.69) is 20.5 Å². The first kappa shape index (κ1) is 15.7. The molecule has 0 amide bonds. The molecule has 0 saturated heterocycles. The van der Waals surface area contributed by atoms with Crippen LogP contribution in [0.25, 0.3) is 22.4 Å². The summed E-state index contributed by atoms with van der Waals surface area (Å²) in [6, 6.07) is 16.8. The third-order valence-corrected chi connectivity index (χ3v) is 4.41. The molecule has 0 aliphatic rings. The van der Waals surface area contributed by atoms with Crippen LogP contribution in [0.4, 0.5) is 5.95 Å². The maximum Gasteiger partial charge on any atom is 0.222 e. The van der Waals surface area contributed by atoms with E-state index in [1.54, 1.807) is 18.3 Å². The summed E-state index contributed by atoms with van der Waals surface area (Å²) in [6.45, 7) is 0. The van der Waals surface area contributed by atoms with Crippen molar-refractivity contribution in [2.24, 2.45) is 5.10 Å². The van der Waals surface area contributed by atoms with Gasteiger partial charge in [-0.15, -0.1) is 0 Å². The lowest BCUT2D eigenvalue weighted by Crippen LogP contribution is -1.91. The molecule has 2 aromatic heterocycles. The highest BCUT2D eigenvalue weighted by atomic mass is 35.5. The number of nitrogens with zero attached hydrogens (tertiary/aromatic N) is 2. The van der Waals surface area contributed by atoms with Crippen molar-refractivity contribution in [3.8, 4) is 11.3 Å². The molecule has 7 heteroatoms. The Morgan fingerprint density at radius 2 is 1.92 bits per heavy atom. The number of rotatable bonds is 4. The molecule has 4 aromatic rings. The van der Waals surface area contributed by atoms with E-state index in [1.165, 1.54) is 0 Å². The molecule has 2 aromatic carbocycles. The zero-order chi connectivity index (χ0) is 17.2. The first-order chi connectivity index (χ1) is 12.2. The molecule has 25 heavy (non-hydrogen) atoms. The molecule has 0 fully saturated rings. The number of imidazole rings is 1. The molecule has 0 spiro atoms. The average Bonchev–Trinajstić information content (AvgIpc) is 3.24. The van der Waals surface area contributed by atoms with Gasteiger partial charge in [0.15, 0.2) is 0 Å². The number of furan rings is 1. The lowest BCUT2D eigenvalue weighted by molar-refractivity contribution is 0.575. The minimum absolute atomic E-state index is 0.461. The Hall–Kier alpha value is -2.76. The van der Waals surface area contributed by atoms with E-state index in [0.29, 0.717) is 27.5 Å². The number of nitrogens with one attached hydrogen (secondary N) is 2. The normalized spacial score (nSPS) is 11.4. The summed E-state index contributed by atoms with van der Waals surface area (Å²) >= 11 is 12.2. The lowest BCUT2D eigenvalue weighted by Gasteiger charge is -2.01. The Balaban J connectivity index is 1.50. The van der Waals surface area contributed by atoms with E-state index in [0.717, 1.165) is 16.6 Å². The number of hydrazone groups is 1. The molecule has 4 rings (SSSR count). The van der Waals surface area contributed by atoms with Crippen LogP contribution in [-0.4, -0.2) is 16.2 Å². The van der Waals surface area contributed by atoms with Crippen molar-refractivity contribution < 1.29 is 4.42 Å². The van der Waals surface area contributed by atoms with Crippen LogP contribution in [0.5, 0.6) is 0 Å². The molecular formula is C18H12Cl2N4O. The van der Waals surface area contributed by atoms with E-state index in [1.807, 2.05) is 42.5 Å². The molecule has 0 aliphatic heterocycles. The number of fused-ring (bicyclic) bond motifs is 1. The van der Waals surface area contributed by atoms with Gasteiger partial charge in [0.1, 0.15) is 11.5 Å². The van der Waals surface area contributed by atoms with Crippen molar-refractivity contribution in [2.45, 2.75) is 0 Å².